The molecule has 1 aromatic rings. The van der Waals surface area contributed by atoms with Crippen LogP contribution < -0.4 is 10.5 Å². The van der Waals surface area contributed by atoms with Crippen molar-refractivity contribution in [3.8, 4) is 0 Å². The highest BCUT2D eigenvalue weighted by Crippen LogP contribution is 2.32. The van der Waals surface area contributed by atoms with E-state index in [2.05, 4.69) is 5.32 Å². The Balaban J connectivity index is 2.60. The molecule has 0 unspecified atom stereocenters. The number of nitrogens with one attached hydrogen (secondary N) is 1. The third-order valence-electron chi connectivity index (χ3n) is 2.48. The molecular formula is C11H14F4N2O2S. The predicted molar refractivity (Wildman–Crippen MR) is 65.7 cm³/mol. The van der Waals surface area contributed by atoms with E-state index in [0.717, 1.165) is 12.1 Å². The van der Waals surface area contributed by atoms with Gasteiger partial charge in [-0.05, 0) is 30.7 Å². The van der Waals surface area contributed by atoms with E-state index in [4.69, 9.17) is 5.14 Å². The summed E-state index contributed by atoms with van der Waals surface area (Å²) >= 11 is 0. The zero-order valence-electron chi connectivity index (χ0n) is 10.4. The molecule has 0 saturated carbocycles. The lowest BCUT2D eigenvalue weighted by Gasteiger charge is -2.13. The van der Waals surface area contributed by atoms with Gasteiger partial charge in [0.2, 0.25) is 10.0 Å². The van der Waals surface area contributed by atoms with Crippen LogP contribution in [0.1, 0.15) is 17.5 Å². The molecule has 0 aliphatic heterocycles. The van der Waals surface area contributed by atoms with Gasteiger partial charge in [-0.25, -0.2) is 17.9 Å². The minimum atomic E-state index is -4.64. The predicted octanol–water partition coefficient (Wildman–Crippen LogP) is 1.61. The molecule has 0 heterocycles. The average molecular weight is 314 g/mol. The molecule has 1 rings (SSSR count). The van der Waals surface area contributed by atoms with Gasteiger partial charge in [0.1, 0.15) is 5.82 Å². The standard InChI is InChI=1S/C11H14F4N2O2S/c12-9-3-2-8(10(6-9)11(13,14)15)7-17-4-1-5-20(16,18)19/h2-3,6,17H,1,4-5,7H2,(H2,16,18,19). The second-order valence-electron chi connectivity index (χ2n) is 4.20. The van der Waals surface area contributed by atoms with E-state index in [9.17, 15) is 26.0 Å². The van der Waals surface area contributed by atoms with Crippen molar-refractivity contribution in [2.75, 3.05) is 12.3 Å². The highest BCUT2D eigenvalue weighted by molar-refractivity contribution is 7.89. The van der Waals surface area contributed by atoms with Crippen LogP contribution in [0.25, 0.3) is 0 Å². The van der Waals surface area contributed by atoms with E-state index >= 15 is 0 Å². The molecule has 0 atom stereocenters. The monoisotopic (exact) mass is 314 g/mol. The van der Waals surface area contributed by atoms with Crippen LogP contribution >= 0.6 is 0 Å². The van der Waals surface area contributed by atoms with Gasteiger partial charge >= 0.3 is 6.18 Å². The van der Waals surface area contributed by atoms with E-state index in [1.807, 2.05) is 0 Å². The number of hydrogen-bond acceptors (Lipinski definition) is 3. The molecule has 0 bridgehead atoms. The normalized spacial score (nSPS) is 12.7. The lowest BCUT2D eigenvalue weighted by atomic mass is 10.1. The third-order valence-corrected chi connectivity index (χ3v) is 3.33. The van der Waals surface area contributed by atoms with Gasteiger partial charge in [-0.15, -0.1) is 0 Å². The zero-order valence-corrected chi connectivity index (χ0v) is 11.2. The van der Waals surface area contributed by atoms with Crippen molar-refractivity contribution in [2.24, 2.45) is 5.14 Å². The molecule has 0 fully saturated rings. The van der Waals surface area contributed by atoms with Crippen LogP contribution in [-0.4, -0.2) is 20.7 Å². The molecule has 4 nitrogen and oxygen atoms in total. The summed E-state index contributed by atoms with van der Waals surface area (Å²) in [4.78, 5) is 0. The van der Waals surface area contributed by atoms with E-state index in [0.29, 0.717) is 6.07 Å². The van der Waals surface area contributed by atoms with Gasteiger partial charge in [0.15, 0.2) is 0 Å². The van der Waals surface area contributed by atoms with Crippen molar-refractivity contribution in [1.82, 2.24) is 5.32 Å². The first-order chi connectivity index (χ1) is 9.09. The number of hydrogen-bond donors (Lipinski definition) is 2. The summed E-state index contributed by atoms with van der Waals surface area (Å²) in [7, 11) is -3.58. The first kappa shape index (κ1) is 16.9. The van der Waals surface area contributed by atoms with Crippen LogP contribution in [0.2, 0.25) is 0 Å². The fourth-order valence-corrected chi connectivity index (χ4v) is 2.13. The Hall–Kier alpha value is -1.19. The summed E-state index contributed by atoms with van der Waals surface area (Å²) in [5.74, 6) is -1.22. The van der Waals surface area contributed by atoms with Gasteiger partial charge in [-0.2, -0.15) is 13.2 Å². The maximum atomic E-state index is 12.9. The average Bonchev–Trinajstić information content (AvgIpc) is 2.27. The fourth-order valence-electron chi connectivity index (χ4n) is 1.59. The quantitative estimate of drug-likeness (QED) is 0.619. The smallest absolute Gasteiger partial charge is 0.313 e. The van der Waals surface area contributed by atoms with Crippen molar-refractivity contribution in [2.45, 2.75) is 19.1 Å². The van der Waals surface area contributed by atoms with Crippen LogP contribution in [0.5, 0.6) is 0 Å². The molecule has 114 valence electrons. The summed E-state index contributed by atoms with van der Waals surface area (Å²) in [5.41, 5.74) is -1.15. The van der Waals surface area contributed by atoms with Crippen LogP contribution in [0.3, 0.4) is 0 Å². The van der Waals surface area contributed by atoms with Crippen molar-refractivity contribution >= 4 is 10.0 Å². The largest absolute Gasteiger partial charge is 0.416 e. The number of halogens is 4. The number of sulfonamides is 1. The lowest BCUT2D eigenvalue weighted by Crippen LogP contribution is -2.23. The maximum Gasteiger partial charge on any atom is 0.416 e. The summed E-state index contributed by atoms with van der Waals surface area (Å²) in [6.45, 7) is 0.0465. The maximum absolute atomic E-state index is 12.9. The molecule has 20 heavy (non-hydrogen) atoms. The van der Waals surface area contributed by atoms with Crippen LogP contribution in [0.4, 0.5) is 17.6 Å². The van der Waals surface area contributed by atoms with E-state index < -0.39 is 27.6 Å². The molecule has 0 aliphatic carbocycles. The van der Waals surface area contributed by atoms with Crippen molar-refractivity contribution in [1.29, 1.82) is 0 Å². The summed E-state index contributed by atoms with van der Waals surface area (Å²) in [5, 5.41) is 7.44. The minimum Gasteiger partial charge on any atom is -0.313 e. The van der Waals surface area contributed by atoms with Crippen LogP contribution in [-0.2, 0) is 22.7 Å². The summed E-state index contributed by atoms with van der Waals surface area (Å²) in [6.07, 6.45) is -4.46. The lowest BCUT2D eigenvalue weighted by molar-refractivity contribution is -0.138. The van der Waals surface area contributed by atoms with Gasteiger partial charge in [0.05, 0.1) is 11.3 Å². The Kier molecular flexibility index (Phi) is 5.49. The number of rotatable bonds is 6. The molecule has 0 aromatic heterocycles. The van der Waals surface area contributed by atoms with E-state index in [1.165, 1.54) is 0 Å². The molecule has 0 saturated heterocycles. The first-order valence-electron chi connectivity index (χ1n) is 5.66. The Labute approximate surface area is 114 Å². The van der Waals surface area contributed by atoms with E-state index in [1.54, 1.807) is 0 Å². The molecule has 0 radical (unpaired) electrons. The van der Waals surface area contributed by atoms with Crippen LogP contribution in [0.15, 0.2) is 18.2 Å². The molecule has 3 N–H and O–H groups in total. The molecule has 1 aromatic carbocycles. The van der Waals surface area contributed by atoms with E-state index in [-0.39, 0.29) is 30.8 Å². The Morgan fingerprint density at radius 2 is 1.90 bits per heavy atom. The Morgan fingerprint density at radius 3 is 2.45 bits per heavy atom. The van der Waals surface area contributed by atoms with Crippen molar-refractivity contribution in [3.05, 3.63) is 35.1 Å². The van der Waals surface area contributed by atoms with Gasteiger partial charge in [0, 0.05) is 6.54 Å². The number of benzene rings is 1. The van der Waals surface area contributed by atoms with Crippen LogP contribution in [0, 0.1) is 5.82 Å². The number of primary sulfonamides is 1. The third kappa shape index (κ3) is 5.85. The Bertz CT molecular complexity index is 558. The van der Waals surface area contributed by atoms with Gasteiger partial charge in [-0.3, -0.25) is 0 Å². The second-order valence-corrected chi connectivity index (χ2v) is 5.93. The molecular weight excluding hydrogens is 300 g/mol. The molecule has 9 heteroatoms. The minimum absolute atomic E-state index is 0.102. The fraction of sp³-hybridized carbons (Fsp3) is 0.455. The topological polar surface area (TPSA) is 72.2 Å². The van der Waals surface area contributed by atoms with Gasteiger partial charge in [-0.1, -0.05) is 6.07 Å². The Morgan fingerprint density at radius 1 is 1.25 bits per heavy atom. The SMILES string of the molecule is NS(=O)(=O)CCCNCc1ccc(F)cc1C(F)(F)F. The highest BCUT2D eigenvalue weighted by atomic mass is 32.2. The number of alkyl halides is 3. The van der Waals surface area contributed by atoms with Gasteiger partial charge in [0.25, 0.3) is 0 Å². The second kappa shape index (κ2) is 6.51. The summed E-state index contributed by atoms with van der Waals surface area (Å²) < 4.78 is 72.2. The molecule has 0 aliphatic rings. The summed E-state index contributed by atoms with van der Waals surface area (Å²) in [6, 6.07) is 2.42. The molecule has 0 spiro atoms. The van der Waals surface area contributed by atoms with Crippen molar-refractivity contribution in [3.63, 3.8) is 0 Å². The van der Waals surface area contributed by atoms with Crippen molar-refractivity contribution < 1.29 is 26.0 Å². The van der Waals surface area contributed by atoms with Gasteiger partial charge < -0.3 is 5.32 Å². The zero-order chi connectivity index (χ0) is 15.4. The highest BCUT2D eigenvalue weighted by Gasteiger charge is 2.33. The first-order valence-corrected chi connectivity index (χ1v) is 7.38. The number of nitrogens with two attached hydrogens (primary N) is 1. The molecule has 0 amide bonds.